The fourth-order valence-electron chi connectivity index (χ4n) is 5.29. The Morgan fingerprint density at radius 3 is 2.52 bits per heavy atom. The highest BCUT2D eigenvalue weighted by Crippen LogP contribution is 2.32. The van der Waals surface area contributed by atoms with Gasteiger partial charge in [-0.25, -0.2) is 4.79 Å². The largest absolute Gasteiger partial charge is 0.547 e. The van der Waals surface area contributed by atoms with Crippen LogP contribution >= 0.6 is 0 Å². The van der Waals surface area contributed by atoms with Crippen molar-refractivity contribution < 1.29 is 24.4 Å². The van der Waals surface area contributed by atoms with Gasteiger partial charge in [0.2, 0.25) is 5.91 Å². The minimum absolute atomic E-state index is 0.00999. The zero-order valence-electron chi connectivity index (χ0n) is 18.7. The first-order valence-electron chi connectivity index (χ1n) is 11.6. The lowest BCUT2D eigenvalue weighted by atomic mass is 9.72. The molecule has 0 radical (unpaired) electrons. The molecule has 33 heavy (non-hydrogen) atoms. The van der Waals surface area contributed by atoms with Gasteiger partial charge in [-0.3, -0.25) is 15.1 Å². The highest BCUT2D eigenvalue weighted by molar-refractivity contribution is 6.47. The molecule has 11 heteroatoms. The van der Waals surface area contributed by atoms with Gasteiger partial charge < -0.3 is 30.7 Å². The zero-order chi connectivity index (χ0) is 23.5. The number of benzene rings is 1. The summed E-state index contributed by atoms with van der Waals surface area (Å²) in [6.07, 6.45) is 4.81. The number of carbonyl (C=O) groups excluding carboxylic acids is 1. The SMILES string of the molecule is N=C(N)N1CCN([C@H]2CC[C@H](CC(=O)N[C@H]3Cc4cccc(C(=O)O)c4OB3O)CC2)CC1. The fourth-order valence-corrected chi connectivity index (χ4v) is 5.29. The second kappa shape index (κ2) is 10.0. The molecule has 6 N–H and O–H groups in total. The van der Waals surface area contributed by atoms with Gasteiger partial charge in [0.05, 0.1) is 11.5 Å². The first-order chi connectivity index (χ1) is 15.8. The van der Waals surface area contributed by atoms with Crippen LogP contribution in [0.5, 0.6) is 5.75 Å². The van der Waals surface area contributed by atoms with E-state index in [2.05, 4.69) is 10.2 Å². The van der Waals surface area contributed by atoms with Crippen LogP contribution in [0, 0.1) is 11.3 Å². The van der Waals surface area contributed by atoms with Crippen LogP contribution in [0.4, 0.5) is 0 Å². The predicted octanol–water partition coefficient (Wildman–Crippen LogP) is 0.284. The van der Waals surface area contributed by atoms with Crippen molar-refractivity contribution in [2.24, 2.45) is 11.7 Å². The van der Waals surface area contributed by atoms with Gasteiger partial charge in [0.25, 0.3) is 0 Å². The van der Waals surface area contributed by atoms with Crippen molar-refractivity contribution in [2.45, 2.75) is 50.5 Å². The summed E-state index contributed by atoms with van der Waals surface area (Å²) in [6.45, 7) is 3.42. The normalized spacial score (nSPS) is 25.7. The molecule has 1 saturated carbocycles. The minimum atomic E-state index is -1.29. The number of fused-ring (bicyclic) bond motifs is 1. The number of nitrogens with zero attached hydrogens (tertiary/aromatic N) is 2. The van der Waals surface area contributed by atoms with Gasteiger partial charge in [0, 0.05) is 38.6 Å². The highest BCUT2D eigenvalue weighted by Gasteiger charge is 2.38. The zero-order valence-corrected chi connectivity index (χ0v) is 18.7. The molecule has 2 heterocycles. The topological polar surface area (TPSA) is 152 Å². The molecule has 1 aliphatic carbocycles. The Morgan fingerprint density at radius 2 is 1.88 bits per heavy atom. The summed E-state index contributed by atoms with van der Waals surface area (Å²) >= 11 is 0. The maximum Gasteiger partial charge on any atom is 0.547 e. The van der Waals surface area contributed by atoms with Crippen molar-refractivity contribution in [1.29, 1.82) is 5.41 Å². The van der Waals surface area contributed by atoms with E-state index in [4.69, 9.17) is 15.8 Å². The van der Waals surface area contributed by atoms with E-state index in [1.807, 2.05) is 4.90 Å². The summed E-state index contributed by atoms with van der Waals surface area (Å²) < 4.78 is 5.46. The number of amides is 1. The molecule has 1 atom stereocenters. The third-order valence-corrected chi connectivity index (χ3v) is 7.16. The van der Waals surface area contributed by atoms with Gasteiger partial charge in [0.15, 0.2) is 5.96 Å². The Kier molecular flexibility index (Phi) is 7.09. The summed E-state index contributed by atoms with van der Waals surface area (Å²) in [7, 11) is -1.29. The van der Waals surface area contributed by atoms with Crippen molar-refractivity contribution in [3.05, 3.63) is 29.3 Å². The lowest BCUT2D eigenvalue weighted by Gasteiger charge is -2.42. The molecule has 4 rings (SSSR count). The van der Waals surface area contributed by atoms with E-state index >= 15 is 0 Å². The average molecular weight is 457 g/mol. The van der Waals surface area contributed by atoms with Crippen molar-refractivity contribution in [3.63, 3.8) is 0 Å². The van der Waals surface area contributed by atoms with Crippen LogP contribution in [0.2, 0.25) is 0 Å². The van der Waals surface area contributed by atoms with Crippen LogP contribution in [0.1, 0.15) is 48.0 Å². The van der Waals surface area contributed by atoms with Gasteiger partial charge in [-0.1, -0.05) is 12.1 Å². The first-order valence-corrected chi connectivity index (χ1v) is 11.6. The van der Waals surface area contributed by atoms with Crippen molar-refractivity contribution >= 4 is 25.0 Å². The summed E-state index contributed by atoms with van der Waals surface area (Å²) in [6, 6.07) is 5.35. The van der Waals surface area contributed by atoms with Gasteiger partial charge >= 0.3 is 13.1 Å². The van der Waals surface area contributed by atoms with Crippen LogP contribution < -0.4 is 15.7 Å². The van der Waals surface area contributed by atoms with Crippen molar-refractivity contribution in [1.82, 2.24) is 15.1 Å². The monoisotopic (exact) mass is 457 g/mol. The number of guanidine groups is 1. The number of nitrogens with two attached hydrogens (primary N) is 1. The minimum Gasteiger partial charge on any atom is -0.534 e. The molecule has 2 aliphatic heterocycles. The second-order valence-electron chi connectivity index (χ2n) is 9.27. The third-order valence-electron chi connectivity index (χ3n) is 7.16. The summed E-state index contributed by atoms with van der Waals surface area (Å²) in [5.74, 6) is -1.21. The van der Waals surface area contributed by atoms with Gasteiger partial charge in [-0.05, 0) is 49.7 Å². The third kappa shape index (κ3) is 5.41. The maximum absolute atomic E-state index is 12.7. The Labute approximate surface area is 193 Å². The Bertz CT molecular complexity index is 899. The number of nitrogens with one attached hydrogen (secondary N) is 2. The highest BCUT2D eigenvalue weighted by atomic mass is 16.5. The molecular weight excluding hydrogens is 425 g/mol. The molecule has 1 aromatic rings. The molecule has 10 nitrogen and oxygen atoms in total. The maximum atomic E-state index is 12.7. The van der Waals surface area contributed by atoms with E-state index in [1.165, 1.54) is 6.07 Å². The molecule has 1 saturated heterocycles. The molecule has 1 amide bonds. The smallest absolute Gasteiger partial charge is 0.534 e. The number of hydrogen-bond donors (Lipinski definition) is 5. The molecule has 0 unspecified atom stereocenters. The molecule has 0 bridgehead atoms. The Hall–Kier alpha value is -2.79. The number of hydrogen-bond acceptors (Lipinski definition) is 6. The number of piperazine rings is 1. The van der Waals surface area contributed by atoms with Crippen LogP contribution in [-0.2, 0) is 11.2 Å². The van der Waals surface area contributed by atoms with Gasteiger partial charge in [0.1, 0.15) is 5.75 Å². The standard InChI is InChI=1S/C22H32BN5O5/c24-22(25)28-10-8-27(9-11-28)16-6-4-14(5-7-16)12-19(29)26-18-13-15-2-1-3-17(21(30)31)20(15)33-23(18)32/h1-3,14,16,18,32H,4-13H2,(H3,24,25)(H,26,29)(H,30,31)/t14-,16-,18-/m0/s1. The van der Waals surface area contributed by atoms with Crippen molar-refractivity contribution in [2.75, 3.05) is 26.2 Å². The predicted molar refractivity (Wildman–Crippen MR) is 123 cm³/mol. The van der Waals surface area contributed by atoms with E-state index in [1.54, 1.807) is 12.1 Å². The molecule has 178 valence electrons. The van der Waals surface area contributed by atoms with E-state index < -0.39 is 19.0 Å². The lowest BCUT2D eigenvalue weighted by Crippen LogP contribution is -2.54. The van der Waals surface area contributed by atoms with E-state index in [0.717, 1.165) is 51.9 Å². The quantitative estimate of drug-likeness (QED) is 0.240. The summed E-state index contributed by atoms with van der Waals surface area (Å²) in [4.78, 5) is 28.4. The second-order valence-corrected chi connectivity index (χ2v) is 9.27. The molecule has 1 aromatic carbocycles. The first kappa shape index (κ1) is 23.4. The van der Waals surface area contributed by atoms with E-state index in [0.29, 0.717) is 30.4 Å². The van der Waals surface area contributed by atoms with Crippen LogP contribution in [0.15, 0.2) is 18.2 Å². The molecule has 2 fully saturated rings. The number of carboxylic acids is 1. The average Bonchev–Trinajstić information content (AvgIpc) is 2.79. The molecule has 0 aromatic heterocycles. The molecule has 3 aliphatic rings. The Balaban J connectivity index is 1.24. The number of carboxylic acid groups (broad SMARTS) is 1. The number of carbonyl (C=O) groups is 2. The summed E-state index contributed by atoms with van der Waals surface area (Å²) in [5, 5.41) is 30.1. The van der Waals surface area contributed by atoms with Crippen LogP contribution in [-0.4, -0.2) is 83.0 Å². The Morgan fingerprint density at radius 1 is 1.18 bits per heavy atom. The van der Waals surface area contributed by atoms with Gasteiger partial charge in [-0.2, -0.15) is 0 Å². The molecule has 0 spiro atoms. The van der Waals surface area contributed by atoms with E-state index in [9.17, 15) is 19.7 Å². The fraction of sp³-hybridized carbons (Fsp3) is 0.591. The lowest BCUT2D eigenvalue weighted by molar-refractivity contribution is -0.122. The van der Waals surface area contributed by atoms with E-state index in [-0.39, 0.29) is 23.2 Å². The summed E-state index contributed by atoms with van der Waals surface area (Å²) in [5.41, 5.74) is 6.25. The van der Waals surface area contributed by atoms with Crippen molar-refractivity contribution in [3.8, 4) is 5.75 Å². The number of para-hydroxylation sites is 1. The number of aromatic carboxylic acids is 1. The number of rotatable bonds is 5. The molecular formula is C22H32BN5O5. The van der Waals surface area contributed by atoms with Crippen LogP contribution in [0.25, 0.3) is 0 Å². The van der Waals surface area contributed by atoms with Crippen LogP contribution in [0.3, 0.4) is 0 Å². The van der Waals surface area contributed by atoms with Gasteiger partial charge in [-0.15, -0.1) is 0 Å².